The molecule has 2 aliphatic rings. The first-order valence-electron chi connectivity index (χ1n) is 5.97. The Morgan fingerprint density at radius 2 is 2.06 bits per heavy atom. The van der Waals surface area contributed by atoms with Crippen LogP contribution in [-0.4, -0.2) is 43.3 Å². The third-order valence-corrected chi connectivity index (χ3v) is 3.41. The summed E-state index contributed by atoms with van der Waals surface area (Å²) in [5.74, 6) is 0. The molecule has 0 atom stereocenters. The number of nitrogens with zero attached hydrogens (tertiary/aromatic N) is 1. The number of hydrogen-bond donors (Lipinski definition) is 1. The predicted molar refractivity (Wildman–Crippen MR) is 63.3 cm³/mol. The van der Waals surface area contributed by atoms with Crippen molar-refractivity contribution in [1.82, 2.24) is 10.2 Å². The molecule has 16 heavy (non-hydrogen) atoms. The maximum atomic E-state index is 5.87. The first-order chi connectivity index (χ1) is 7.86. The molecule has 0 aliphatic carbocycles. The smallest absolute Gasteiger partial charge is 0.106 e. The van der Waals surface area contributed by atoms with Crippen LogP contribution in [0.15, 0.2) is 30.3 Å². The number of rotatable bonds is 2. The van der Waals surface area contributed by atoms with Crippen molar-refractivity contribution in [2.75, 3.05) is 32.8 Å². The van der Waals surface area contributed by atoms with Gasteiger partial charge in [-0.25, -0.2) is 0 Å². The van der Waals surface area contributed by atoms with E-state index in [1.807, 2.05) is 0 Å². The topological polar surface area (TPSA) is 24.5 Å². The highest BCUT2D eigenvalue weighted by molar-refractivity contribution is 5.16. The van der Waals surface area contributed by atoms with Crippen LogP contribution in [0, 0.1) is 0 Å². The van der Waals surface area contributed by atoms with Gasteiger partial charge in [0, 0.05) is 32.7 Å². The SMILES string of the molecule is c1ccc(CN2CC3(CNCCO3)C2)cc1. The van der Waals surface area contributed by atoms with Crippen molar-refractivity contribution >= 4 is 0 Å². The zero-order chi connectivity index (χ0) is 10.8. The molecule has 3 rings (SSSR count). The van der Waals surface area contributed by atoms with E-state index in [0.717, 1.165) is 39.3 Å². The molecule has 2 heterocycles. The Labute approximate surface area is 96.4 Å². The normalized spacial score (nSPS) is 24.2. The second-order valence-corrected chi connectivity index (χ2v) is 4.84. The van der Waals surface area contributed by atoms with Crippen LogP contribution in [0.5, 0.6) is 0 Å². The van der Waals surface area contributed by atoms with Crippen molar-refractivity contribution < 1.29 is 4.74 Å². The fourth-order valence-electron chi connectivity index (χ4n) is 2.63. The molecule has 2 saturated heterocycles. The number of hydrogen-bond acceptors (Lipinski definition) is 3. The van der Waals surface area contributed by atoms with Gasteiger partial charge in [0.2, 0.25) is 0 Å². The maximum Gasteiger partial charge on any atom is 0.106 e. The first kappa shape index (κ1) is 10.3. The molecular weight excluding hydrogens is 200 g/mol. The Kier molecular flexibility index (Phi) is 2.67. The molecule has 0 unspecified atom stereocenters. The molecular formula is C13H18N2O. The van der Waals surface area contributed by atoms with Crippen molar-refractivity contribution in [3.63, 3.8) is 0 Å². The molecule has 3 heteroatoms. The van der Waals surface area contributed by atoms with Gasteiger partial charge in [0.15, 0.2) is 0 Å². The van der Waals surface area contributed by atoms with Crippen LogP contribution in [0.3, 0.4) is 0 Å². The Morgan fingerprint density at radius 1 is 1.25 bits per heavy atom. The summed E-state index contributed by atoms with van der Waals surface area (Å²) >= 11 is 0. The summed E-state index contributed by atoms with van der Waals surface area (Å²) < 4.78 is 5.87. The number of ether oxygens (including phenoxy) is 1. The van der Waals surface area contributed by atoms with Gasteiger partial charge in [-0.15, -0.1) is 0 Å². The maximum absolute atomic E-state index is 5.87. The summed E-state index contributed by atoms with van der Waals surface area (Å²) in [5.41, 5.74) is 1.51. The average molecular weight is 218 g/mol. The fourth-order valence-corrected chi connectivity index (χ4v) is 2.63. The Hall–Kier alpha value is -0.900. The standard InChI is InChI=1S/C13H18N2O/c1-2-4-12(5-3-1)8-15-10-13(11-15)9-14-6-7-16-13/h1-5,14H,6-11H2. The Balaban J connectivity index is 1.53. The molecule has 86 valence electrons. The summed E-state index contributed by atoms with van der Waals surface area (Å²) in [6.45, 7) is 6.05. The molecule has 1 N–H and O–H groups in total. The quantitative estimate of drug-likeness (QED) is 0.797. The first-order valence-corrected chi connectivity index (χ1v) is 5.97. The number of likely N-dealkylation sites (tertiary alicyclic amines) is 1. The molecule has 0 bridgehead atoms. The molecule has 1 aromatic rings. The lowest BCUT2D eigenvalue weighted by molar-refractivity contribution is -0.158. The van der Waals surface area contributed by atoms with Gasteiger partial charge < -0.3 is 10.1 Å². The molecule has 2 aliphatic heterocycles. The summed E-state index contributed by atoms with van der Waals surface area (Å²) in [6, 6.07) is 10.6. The minimum absolute atomic E-state index is 0.118. The van der Waals surface area contributed by atoms with Crippen molar-refractivity contribution in [1.29, 1.82) is 0 Å². The lowest BCUT2D eigenvalue weighted by Gasteiger charge is -2.51. The molecule has 1 spiro atoms. The van der Waals surface area contributed by atoms with Crippen molar-refractivity contribution in [3.05, 3.63) is 35.9 Å². The van der Waals surface area contributed by atoms with Gasteiger partial charge >= 0.3 is 0 Å². The molecule has 0 amide bonds. The van der Waals surface area contributed by atoms with Gasteiger partial charge in [0.25, 0.3) is 0 Å². The van der Waals surface area contributed by atoms with E-state index >= 15 is 0 Å². The van der Waals surface area contributed by atoms with E-state index in [2.05, 4.69) is 40.5 Å². The molecule has 0 radical (unpaired) electrons. The monoisotopic (exact) mass is 218 g/mol. The van der Waals surface area contributed by atoms with Gasteiger partial charge in [0.1, 0.15) is 5.60 Å². The molecule has 3 nitrogen and oxygen atoms in total. The van der Waals surface area contributed by atoms with E-state index in [4.69, 9.17) is 4.74 Å². The molecule has 0 saturated carbocycles. The van der Waals surface area contributed by atoms with Crippen LogP contribution in [0.2, 0.25) is 0 Å². The highest BCUT2D eigenvalue weighted by Crippen LogP contribution is 2.27. The van der Waals surface area contributed by atoms with E-state index in [1.165, 1.54) is 5.56 Å². The van der Waals surface area contributed by atoms with Crippen LogP contribution < -0.4 is 5.32 Å². The summed E-state index contributed by atoms with van der Waals surface area (Å²) in [4.78, 5) is 2.45. The third kappa shape index (κ3) is 1.98. The summed E-state index contributed by atoms with van der Waals surface area (Å²) in [6.07, 6.45) is 0. The van der Waals surface area contributed by atoms with E-state index in [9.17, 15) is 0 Å². The minimum Gasteiger partial charge on any atom is -0.370 e. The zero-order valence-corrected chi connectivity index (χ0v) is 9.48. The third-order valence-electron chi connectivity index (χ3n) is 3.41. The zero-order valence-electron chi connectivity index (χ0n) is 9.48. The van der Waals surface area contributed by atoms with Gasteiger partial charge in [-0.05, 0) is 5.56 Å². The molecule has 0 aromatic heterocycles. The number of morpholine rings is 1. The average Bonchev–Trinajstić information content (AvgIpc) is 2.30. The van der Waals surface area contributed by atoms with E-state index < -0.39 is 0 Å². The van der Waals surface area contributed by atoms with Gasteiger partial charge in [0.05, 0.1) is 6.61 Å². The minimum atomic E-state index is 0.118. The second kappa shape index (κ2) is 4.17. The van der Waals surface area contributed by atoms with E-state index in [-0.39, 0.29) is 5.60 Å². The summed E-state index contributed by atoms with van der Waals surface area (Å²) in [7, 11) is 0. The number of nitrogens with one attached hydrogen (secondary N) is 1. The molecule has 1 aromatic carbocycles. The van der Waals surface area contributed by atoms with Gasteiger partial charge in [-0.3, -0.25) is 4.90 Å². The number of benzene rings is 1. The van der Waals surface area contributed by atoms with Crippen molar-refractivity contribution in [2.24, 2.45) is 0 Å². The van der Waals surface area contributed by atoms with Crippen LogP contribution in [0.1, 0.15) is 5.56 Å². The van der Waals surface area contributed by atoms with Crippen molar-refractivity contribution in [2.45, 2.75) is 12.1 Å². The Bertz CT molecular complexity index is 338. The van der Waals surface area contributed by atoms with Crippen molar-refractivity contribution in [3.8, 4) is 0 Å². The lowest BCUT2D eigenvalue weighted by Crippen LogP contribution is -2.69. The van der Waals surface area contributed by atoms with E-state index in [0.29, 0.717) is 0 Å². The fraction of sp³-hybridized carbons (Fsp3) is 0.538. The van der Waals surface area contributed by atoms with Crippen LogP contribution in [0.25, 0.3) is 0 Å². The summed E-state index contributed by atoms with van der Waals surface area (Å²) in [5, 5.41) is 3.41. The van der Waals surface area contributed by atoms with Crippen LogP contribution in [-0.2, 0) is 11.3 Å². The second-order valence-electron chi connectivity index (χ2n) is 4.84. The van der Waals surface area contributed by atoms with Crippen LogP contribution in [0.4, 0.5) is 0 Å². The highest BCUT2D eigenvalue weighted by atomic mass is 16.5. The largest absolute Gasteiger partial charge is 0.370 e. The molecule has 2 fully saturated rings. The Morgan fingerprint density at radius 3 is 2.75 bits per heavy atom. The van der Waals surface area contributed by atoms with E-state index in [1.54, 1.807) is 0 Å². The van der Waals surface area contributed by atoms with Crippen LogP contribution >= 0.6 is 0 Å². The van der Waals surface area contributed by atoms with Gasteiger partial charge in [-0.2, -0.15) is 0 Å². The predicted octanol–water partition coefficient (Wildman–Crippen LogP) is 0.861. The van der Waals surface area contributed by atoms with Gasteiger partial charge in [-0.1, -0.05) is 30.3 Å². The lowest BCUT2D eigenvalue weighted by atomic mass is 9.92. The highest BCUT2D eigenvalue weighted by Gasteiger charge is 2.44.